The third-order valence-corrected chi connectivity index (χ3v) is 11.6. The summed E-state index contributed by atoms with van der Waals surface area (Å²) in [5.41, 5.74) is 7.49. The number of pyridine rings is 1. The van der Waals surface area contributed by atoms with Crippen molar-refractivity contribution in [2.75, 3.05) is 0 Å². The molecule has 302 valence electrons. The summed E-state index contributed by atoms with van der Waals surface area (Å²) in [5, 5.41) is 3.42. The number of nitrogens with zero attached hydrogens (tertiary/aromatic N) is 4. The Balaban J connectivity index is 1.20. The standard InChI is InChI=1S/C52H32F6N4/c1-30-15-19-37(31(2)23-30)33-16-22-48-43(25-33)40-12-5-7-14-46(40)62(48)50-28-41(32-9-8-10-36(24-32)59-3)49(29-60-50)61-45-13-6-4-11-39(45)42-26-34(17-21-47(42)61)38-20-18-35(51(53,54)55)27-44(38)52(56,57)58/h4-29H,1-2H3. The second kappa shape index (κ2) is 14.2. The van der Waals surface area contributed by atoms with Gasteiger partial charge in [0.05, 0.1) is 51.7 Å². The monoisotopic (exact) mass is 826 g/mol. The summed E-state index contributed by atoms with van der Waals surface area (Å²) in [5.74, 6) is 0.632. The summed E-state index contributed by atoms with van der Waals surface area (Å²) in [6.45, 7) is 12.0. The first-order valence-corrected chi connectivity index (χ1v) is 19.7. The summed E-state index contributed by atoms with van der Waals surface area (Å²) in [4.78, 5) is 8.83. The van der Waals surface area contributed by atoms with Gasteiger partial charge in [0.2, 0.25) is 0 Å². The predicted molar refractivity (Wildman–Crippen MR) is 235 cm³/mol. The van der Waals surface area contributed by atoms with Crippen LogP contribution < -0.4 is 0 Å². The Labute approximate surface area is 351 Å². The lowest BCUT2D eigenvalue weighted by molar-refractivity contribution is -0.142. The van der Waals surface area contributed by atoms with Gasteiger partial charge in [-0.25, -0.2) is 9.83 Å². The van der Waals surface area contributed by atoms with Crippen LogP contribution in [0.25, 0.3) is 93.3 Å². The predicted octanol–water partition coefficient (Wildman–Crippen LogP) is 15.5. The highest BCUT2D eigenvalue weighted by Gasteiger charge is 2.38. The molecule has 0 amide bonds. The van der Waals surface area contributed by atoms with Crippen molar-refractivity contribution < 1.29 is 26.3 Å². The summed E-state index contributed by atoms with van der Waals surface area (Å²) >= 11 is 0. The Bertz CT molecular complexity index is 3490. The molecule has 10 rings (SSSR count). The van der Waals surface area contributed by atoms with Gasteiger partial charge in [0.15, 0.2) is 5.69 Å². The molecule has 0 radical (unpaired) electrons. The number of hydrogen-bond donors (Lipinski definition) is 0. The average Bonchev–Trinajstić information content (AvgIpc) is 3.77. The van der Waals surface area contributed by atoms with Gasteiger partial charge in [-0.3, -0.25) is 4.57 Å². The smallest absolute Gasteiger partial charge is 0.307 e. The number of aromatic nitrogens is 3. The molecular formula is C52H32F6N4. The van der Waals surface area contributed by atoms with E-state index in [9.17, 15) is 26.3 Å². The van der Waals surface area contributed by atoms with E-state index in [4.69, 9.17) is 11.6 Å². The normalized spacial score (nSPS) is 12.2. The third kappa shape index (κ3) is 6.36. The molecule has 0 fully saturated rings. The van der Waals surface area contributed by atoms with E-state index >= 15 is 0 Å². The lowest BCUT2D eigenvalue weighted by atomic mass is 9.95. The largest absolute Gasteiger partial charge is 0.417 e. The van der Waals surface area contributed by atoms with Crippen molar-refractivity contribution >= 4 is 49.3 Å². The molecule has 0 saturated heterocycles. The van der Waals surface area contributed by atoms with Crippen molar-refractivity contribution in [3.05, 3.63) is 192 Å². The molecule has 3 heterocycles. The van der Waals surface area contributed by atoms with Gasteiger partial charge in [0, 0.05) is 27.1 Å². The number of fused-ring (bicyclic) bond motifs is 6. The lowest BCUT2D eigenvalue weighted by Crippen LogP contribution is -2.12. The van der Waals surface area contributed by atoms with Crippen LogP contribution >= 0.6 is 0 Å². The van der Waals surface area contributed by atoms with Crippen molar-refractivity contribution in [1.82, 2.24) is 14.1 Å². The van der Waals surface area contributed by atoms with Crippen LogP contribution in [0.15, 0.2) is 158 Å². The van der Waals surface area contributed by atoms with Gasteiger partial charge in [-0.15, -0.1) is 0 Å². The second-order valence-corrected chi connectivity index (χ2v) is 15.5. The first-order valence-electron chi connectivity index (χ1n) is 19.7. The Morgan fingerprint density at radius 1 is 0.500 bits per heavy atom. The quantitative estimate of drug-likeness (QED) is 0.125. The van der Waals surface area contributed by atoms with Crippen LogP contribution in [0.3, 0.4) is 0 Å². The molecule has 3 aromatic heterocycles. The van der Waals surface area contributed by atoms with Crippen LogP contribution in [-0.2, 0) is 12.4 Å². The minimum atomic E-state index is -5.04. The van der Waals surface area contributed by atoms with E-state index in [-0.39, 0.29) is 17.2 Å². The highest BCUT2D eigenvalue weighted by atomic mass is 19.4. The molecule has 0 aliphatic carbocycles. The molecule has 0 aliphatic rings. The van der Waals surface area contributed by atoms with Crippen LogP contribution in [0, 0.1) is 20.4 Å². The van der Waals surface area contributed by atoms with E-state index in [0.29, 0.717) is 34.2 Å². The lowest BCUT2D eigenvalue weighted by Gasteiger charge is -2.17. The van der Waals surface area contributed by atoms with Gasteiger partial charge in [-0.05, 0) is 108 Å². The van der Waals surface area contributed by atoms with Crippen molar-refractivity contribution in [2.24, 2.45) is 0 Å². The maximum atomic E-state index is 14.4. The molecule has 10 aromatic rings. The fraction of sp³-hybridized carbons (Fsp3) is 0.0769. The topological polar surface area (TPSA) is 27.1 Å². The zero-order valence-corrected chi connectivity index (χ0v) is 33.1. The molecule has 7 aromatic carbocycles. The Morgan fingerprint density at radius 3 is 1.74 bits per heavy atom. The fourth-order valence-corrected chi connectivity index (χ4v) is 8.84. The summed E-state index contributed by atoms with van der Waals surface area (Å²) < 4.78 is 88.0. The fourth-order valence-electron chi connectivity index (χ4n) is 8.84. The Kier molecular flexibility index (Phi) is 8.85. The molecule has 0 bridgehead atoms. The molecule has 0 unspecified atom stereocenters. The van der Waals surface area contributed by atoms with Crippen molar-refractivity contribution in [3.8, 4) is 44.9 Å². The highest BCUT2D eigenvalue weighted by molar-refractivity contribution is 6.12. The van der Waals surface area contributed by atoms with Gasteiger partial charge in [-0.2, -0.15) is 26.3 Å². The van der Waals surface area contributed by atoms with Crippen molar-refractivity contribution in [2.45, 2.75) is 26.2 Å². The number of benzene rings is 7. The SMILES string of the molecule is [C-]#[N+]c1cccc(-c2cc(-n3c4ccccc4c4cc(-c5ccc(C)cc5C)ccc43)ncc2-n2c3ccccc3c3cc(-c4ccc(C(F)(F)F)cc4C(F)(F)F)ccc32)c1. The van der Waals surface area contributed by atoms with Crippen molar-refractivity contribution in [1.29, 1.82) is 0 Å². The van der Waals surface area contributed by atoms with E-state index in [2.05, 4.69) is 71.8 Å². The second-order valence-electron chi connectivity index (χ2n) is 15.5. The first-order chi connectivity index (χ1) is 29.8. The summed E-state index contributed by atoms with van der Waals surface area (Å²) in [7, 11) is 0. The van der Waals surface area contributed by atoms with E-state index in [0.717, 1.165) is 61.0 Å². The number of aryl methyl sites for hydroxylation is 2. The molecule has 0 atom stereocenters. The minimum absolute atomic E-state index is 0.118. The van der Waals surface area contributed by atoms with Crippen molar-refractivity contribution in [3.63, 3.8) is 0 Å². The Hall–Kier alpha value is -7.64. The van der Waals surface area contributed by atoms with Gasteiger partial charge in [0.1, 0.15) is 5.82 Å². The zero-order chi connectivity index (χ0) is 43.1. The molecule has 62 heavy (non-hydrogen) atoms. The zero-order valence-electron chi connectivity index (χ0n) is 33.1. The summed E-state index contributed by atoms with van der Waals surface area (Å²) in [6.07, 6.45) is -8.21. The van der Waals surface area contributed by atoms with E-state index < -0.39 is 23.5 Å². The molecule has 0 aliphatic heterocycles. The van der Waals surface area contributed by atoms with Crippen LogP contribution in [0.4, 0.5) is 32.0 Å². The van der Waals surface area contributed by atoms with Gasteiger partial charge < -0.3 is 4.57 Å². The van der Waals surface area contributed by atoms with Crippen LogP contribution in [-0.4, -0.2) is 14.1 Å². The van der Waals surface area contributed by atoms with Gasteiger partial charge in [-0.1, -0.05) is 96.6 Å². The number of alkyl halides is 6. The highest BCUT2D eigenvalue weighted by Crippen LogP contribution is 2.44. The maximum absolute atomic E-state index is 14.4. The molecule has 4 nitrogen and oxygen atoms in total. The minimum Gasteiger partial charge on any atom is -0.307 e. The van der Waals surface area contributed by atoms with E-state index in [1.807, 2.05) is 65.2 Å². The molecule has 0 N–H and O–H groups in total. The maximum Gasteiger partial charge on any atom is 0.417 e. The average molecular weight is 827 g/mol. The molecule has 0 saturated carbocycles. The van der Waals surface area contributed by atoms with E-state index in [1.54, 1.807) is 24.4 Å². The molecular weight excluding hydrogens is 795 g/mol. The van der Waals surface area contributed by atoms with Crippen LogP contribution in [0.5, 0.6) is 0 Å². The number of para-hydroxylation sites is 2. The third-order valence-electron chi connectivity index (χ3n) is 11.6. The number of rotatable bonds is 5. The number of halogens is 6. The number of hydrogen-bond acceptors (Lipinski definition) is 1. The first kappa shape index (κ1) is 38.6. The van der Waals surface area contributed by atoms with Crippen LogP contribution in [0.2, 0.25) is 0 Å². The molecule has 0 spiro atoms. The Morgan fingerprint density at radius 2 is 1.10 bits per heavy atom. The van der Waals surface area contributed by atoms with Crippen LogP contribution in [0.1, 0.15) is 22.3 Å². The van der Waals surface area contributed by atoms with Gasteiger partial charge >= 0.3 is 12.4 Å². The summed E-state index contributed by atoms with van der Waals surface area (Å²) in [6, 6.07) is 44.3. The molecule has 10 heteroatoms. The van der Waals surface area contributed by atoms with Gasteiger partial charge in [0.25, 0.3) is 0 Å². The van der Waals surface area contributed by atoms with E-state index in [1.165, 1.54) is 17.2 Å².